The summed E-state index contributed by atoms with van der Waals surface area (Å²) in [5.74, 6) is 0.858. The van der Waals surface area contributed by atoms with Gasteiger partial charge in [0.05, 0.1) is 5.56 Å². The predicted octanol–water partition coefficient (Wildman–Crippen LogP) is 3.03. The van der Waals surface area contributed by atoms with E-state index in [2.05, 4.69) is 10.3 Å². The van der Waals surface area contributed by atoms with Crippen LogP contribution in [0.3, 0.4) is 0 Å². The molecular formula is C13H18F3N3. The first-order chi connectivity index (χ1) is 9.00. The van der Waals surface area contributed by atoms with Crippen LogP contribution in [0.25, 0.3) is 0 Å². The number of aromatic nitrogens is 1. The van der Waals surface area contributed by atoms with Gasteiger partial charge in [0.15, 0.2) is 0 Å². The Hall–Kier alpha value is -1.30. The Morgan fingerprint density at radius 2 is 2.00 bits per heavy atom. The lowest BCUT2D eigenvalue weighted by Crippen LogP contribution is -2.36. The number of hydrogen-bond acceptors (Lipinski definition) is 3. The van der Waals surface area contributed by atoms with E-state index in [0.717, 1.165) is 31.5 Å². The van der Waals surface area contributed by atoms with Gasteiger partial charge in [0, 0.05) is 12.2 Å². The SMILES string of the molecule is NCC1CCCCC1Nc1ccc(C(F)(F)F)cn1. The fourth-order valence-electron chi connectivity index (χ4n) is 2.52. The number of anilines is 1. The molecule has 2 atom stereocenters. The Morgan fingerprint density at radius 3 is 2.58 bits per heavy atom. The Bertz CT molecular complexity index is 403. The Balaban J connectivity index is 2.02. The normalized spacial score (nSPS) is 24.2. The molecule has 6 heteroatoms. The molecule has 2 unspecified atom stereocenters. The van der Waals surface area contributed by atoms with Crippen LogP contribution < -0.4 is 11.1 Å². The maximum atomic E-state index is 12.4. The molecule has 2 rings (SSSR count). The van der Waals surface area contributed by atoms with Crippen molar-refractivity contribution in [3.8, 4) is 0 Å². The largest absolute Gasteiger partial charge is 0.417 e. The molecule has 0 radical (unpaired) electrons. The molecular weight excluding hydrogens is 255 g/mol. The van der Waals surface area contributed by atoms with Crippen molar-refractivity contribution < 1.29 is 13.2 Å². The average molecular weight is 273 g/mol. The fourth-order valence-corrected chi connectivity index (χ4v) is 2.52. The van der Waals surface area contributed by atoms with Gasteiger partial charge < -0.3 is 11.1 Å². The number of nitrogens with two attached hydrogens (primary N) is 1. The molecule has 106 valence electrons. The zero-order valence-electron chi connectivity index (χ0n) is 10.6. The number of pyridine rings is 1. The van der Waals surface area contributed by atoms with E-state index in [4.69, 9.17) is 5.73 Å². The summed E-state index contributed by atoms with van der Waals surface area (Å²) in [4.78, 5) is 3.84. The van der Waals surface area contributed by atoms with Gasteiger partial charge in [0.1, 0.15) is 5.82 Å². The molecule has 0 spiro atoms. The van der Waals surface area contributed by atoms with Crippen molar-refractivity contribution in [2.45, 2.75) is 37.9 Å². The number of nitrogens with one attached hydrogen (secondary N) is 1. The average Bonchev–Trinajstić information content (AvgIpc) is 2.39. The molecule has 1 aliphatic carbocycles. The molecule has 1 saturated carbocycles. The summed E-state index contributed by atoms with van der Waals surface area (Å²) in [7, 11) is 0. The molecule has 1 aromatic heterocycles. The summed E-state index contributed by atoms with van der Waals surface area (Å²) in [5, 5.41) is 3.20. The maximum Gasteiger partial charge on any atom is 0.417 e. The highest BCUT2D eigenvalue weighted by atomic mass is 19.4. The number of halogens is 3. The van der Waals surface area contributed by atoms with E-state index < -0.39 is 11.7 Å². The third-order valence-electron chi connectivity index (χ3n) is 3.64. The van der Waals surface area contributed by atoms with Gasteiger partial charge in [-0.15, -0.1) is 0 Å². The van der Waals surface area contributed by atoms with Gasteiger partial charge in [0.25, 0.3) is 0 Å². The van der Waals surface area contributed by atoms with Crippen LogP contribution in [-0.2, 0) is 6.18 Å². The smallest absolute Gasteiger partial charge is 0.367 e. The summed E-state index contributed by atoms with van der Waals surface area (Å²) in [6.45, 7) is 0.596. The first-order valence-electron chi connectivity index (χ1n) is 6.50. The summed E-state index contributed by atoms with van der Waals surface area (Å²) in [6, 6.07) is 2.64. The van der Waals surface area contributed by atoms with Crippen LogP contribution in [0.1, 0.15) is 31.2 Å². The third-order valence-corrected chi connectivity index (χ3v) is 3.64. The monoisotopic (exact) mass is 273 g/mol. The lowest BCUT2D eigenvalue weighted by Gasteiger charge is -2.31. The predicted molar refractivity (Wildman–Crippen MR) is 67.7 cm³/mol. The molecule has 1 aliphatic rings. The second-order valence-electron chi connectivity index (χ2n) is 4.96. The first-order valence-corrected chi connectivity index (χ1v) is 6.50. The third kappa shape index (κ3) is 3.59. The lowest BCUT2D eigenvalue weighted by molar-refractivity contribution is -0.137. The molecule has 0 saturated heterocycles. The second-order valence-corrected chi connectivity index (χ2v) is 4.96. The van der Waals surface area contributed by atoms with Gasteiger partial charge in [0.2, 0.25) is 0 Å². The van der Waals surface area contributed by atoms with E-state index in [1.165, 1.54) is 12.5 Å². The van der Waals surface area contributed by atoms with Crippen LogP contribution in [0, 0.1) is 5.92 Å². The van der Waals surface area contributed by atoms with Crippen LogP contribution in [0.15, 0.2) is 18.3 Å². The minimum atomic E-state index is -4.34. The molecule has 0 bridgehead atoms. The minimum absolute atomic E-state index is 0.211. The van der Waals surface area contributed by atoms with Gasteiger partial charge in [-0.3, -0.25) is 0 Å². The fraction of sp³-hybridized carbons (Fsp3) is 0.615. The molecule has 3 nitrogen and oxygen atoms in total. The van der Waals surface area contributed by atoms with Gasteiger partial charge in [-0.25, -0.2) is 4.98 Å². The van der Waals surface area contributed by atoms with Crippen molar-refractivity contribution >= 4 is 5.82 Å². The van der Waals surface area contributed by atoms with Crippen LogP contribution in [-0.4, -0.2) is 17.6 Å². The standard InChI is InChI=1S/C13H18F3N3/c14-13(15,16)10-5-6-12(18-8-10)19-11-4-2-1-3-9(11)7-17/h5-6,8-9,11H,1-4,7,17H2,(H,18,19). The number of alkyl halides is 3. The molecule has 19 heavy (non-hydrogen) atoms. The van der Waals surface area contributed by atoms with Crippen molar-refractivity contribution in [2.24, 2.45) is 11.7 Å². The van der Waals surface area contributed by atoms with Gasteiger partial charge >= 0.3 is 6.18 Å². The highest BCUT2D eigenvalue weighted by Crippen LogP contribution is 2.30. The van der Waals surface area contributed by atoms with Crippen molar-refractivity contribution in [3.63, 3.8) is 0 Å². The molecule has 0 aromatic carbocycles. The Labute approximate surface area is 110 Å². The van der Waals surface area contributed by atoms with Crippen molar-refractivity contribution in [3.05, 3.63) is 23.9 Å². The van der Waals surface area contributed by atoms with Crippen LogP contribution >= 0.6 is 0 Å². The van der Waals surface area contributed by atoms with E-state index in [1.54, 1.807) is 0 Å². The quantitative estimate of drug-likeness (QED) is 0.890. The van der Waals surface area contributed by atoms with Crippen LogP contribution in [0.5, 0.6) is 0 Å². The zero-order valence-corrected chi connectivity index (χ0v) is 10.6. The summed E-state index contributed by atoms with van der Waals surface area (Å²) >= 11 is 0. The number of nitrogens with zero attached hydrogens (tertiary/aromatic N) is 1. The molecule has 0 amide bonds. The number of rotatable bonds is 3. The van der Waals surface area contributed by atoms with Gasteiger partial charge in [-0.2, -0.15) is 13.2 Å². The van der Waals surface area contributed by atoms with E-state index in [0.29, 0.717) is 18.3 Å². The summed E-state index contributed by atoms with van der Waals surface area (Å²) < 4.78 is 37.3. The first kappa shape index (κ1) is 14.1. The Kier molecular flexibility index (Phi) is 4.29. The van der Waals surface area contributed by atoms with Crippen LogP contribution in [0.4, 0.5) is 19.0 Å². The number of hydrogen-bond donors (Lipinski definition) is 2. The zero-order chi connectivity index (χ0) is 13.9. The van der Waals surface area contributed by atoms with E-state index in [-0.39, 0.29) is 6.04 Å². The summed E-state index contributed by atoms with van der Waals surface area (Å²) in [6.07, 6.45) is 0.868. The van der Waals surface area contributed by atoms with E-state index in [9.17, 15) is 13.2 Å². The van der Waals surface area contributed by atoms with Gasteiger partial charge in [-0.05, 0) is 37.4 Å². The minimum Gasteiger partial charge on any atom is -0.367 e. The molecule has 1 heterocycles. The molecule has 0 aliphatic heterocycles. The van der Waals surface area contributed by atoms with Crippen molar-refractivity contribution in [1.82, 2.24) is 4.98 Å². The topological polar surface area (TPSA) is 50.9 Å². The van der Waals surface area contributed by atoms with E-state index in [1.807, 2.05) is 0 Å². The van der Waals surface area contributed by atoms with Crippen molar-refractivity contribution in [1.29, 1.82) is 0 Å². The second kappa shape index (κ2) is 5.77. The van der Waals surface area contributed by atoms with E-state index >= 15 is 0 Å². The highest BCUT2D eigenvalue weighted by Gasteiger charge is 2.31. The van der Waals surface area contributed by atoms with Crippen molar-refractivity contribution in [2.75, 3.05) is 11.9 Å². The lowest BCUT2D eigenvalue weighted by atomic mass is 9.84. The molecule has 1 fully saturated rings. The Morgan fingerprint density at radius 1 is 1.26 bits per heavy atom. The molecule has 1 aromatic rings. The summed E-state index contributed by atoms with van der Waals surface area (Å²) in [5.41, 5.74) is 4.99. The molecule has 3 N–H and O–H groups in total. The maximum absolute atomic E-state index is 12.4. The van der Waals surface area contributed by atoms with Crippen LogP contribution in [0.2, 0.25) is 0 Å². The van der Waals surface area contributed by atoms with Gasteiger partial charge in [-0.1, -0.05) is 12.8 Å². The highest BCUT2D eigenvalue weighted by molar-refractivity contribution is 5.37.